The summed E-state index contributed by atoms with van der Waals surface area (Å²) < 4.78 is 0. The number of phenols is 1. The van der Waals surface area contributed by atoms with Gasteiger partial charge in [-0.1, -0.05) is 60.7 Å². The van der Waals surface area contributed by atoms with Crippen molar-refractivity contribution in [3.8, 4) is 5.75 Å². The van der Waals surface area contributed by atoms with Gasteiger partial charge in [0.15, 0.2) is 5.11 Å². The zero-order valence-corrected chi connectivity index (χ0v) is 16.6. The molecule has 3 aromatic rings. The van der Waals surface area contributed by atoms with E-state index in [1.54, 1.807) is 12.1 Å². The van der Waals surface area contributed by atoms with E-state index in [9.17, 15) is 5.11 Å². The lowest BCUT2D eigenvalue weighted by Gasteiger charge is -2.25. The quantitative estimate of drug-likeness (QED) is 0.365. The molecular formula is C23H23N3OS. The fourth-order valence-corrected chi connectivity index (χ4v) is 2.95. The molecule has 0 amide bonds. The second kappa shape index (κ2) is 9.67. The molecule has 3 rings (SSSR count). The van der Waals surface area contributed by atoms with Crippen LogP contribution < -0.4 is 5.43 Å². The van der Waals surface area contributed by atoms with E-state index in [-0.39, 0.29) is 5.75 Å². The predicted octanol–water partition coefficient (Wildman–Crippen LogP) is 4.69. The molecule has 0 saturated heterocycles. The Bertz CT molecular complexity index is 884. The van der Waals surface area contributed by atoms with Crippen molar-refractivity contribution in [1.82, 2.24) is 10.3 Å². The first-order valence-electron chi connectivity index (χ1n) is 9.08. The highest BCUT2D eigenvalue weighted by molar-refractivity contribution is 7.80. The summed E-state index contributed by atoms with van der Waals surface area (Å²) in [4.78, 5) is 2.09. The van der Waals surface area contributed by atoms with E-state index in [1.165, 1.54) is 11.1 Å². The smallest absolute Gasteiger partial charge is 0.190 e. The zero-order chi connectivity index (χ0) is 19.8. The maximum Gasteiger partial charge on any atom is 0.190 e. The molecule has 0 heterocycles. The zero-order valence-electron chi connectivity index (χ0n) is 15.7. The first-order valence-corrected chi connectivity index (χ1v) is 9.49. The van der Waals surface area contributed by atoms with E-state index >= 15 is 0 Å². The van der Waals surface area contributed by atoms with E-state index in [0.717, 1.165) is 11.3 Å². The summed E-state index contributed by atoms with van der Waals surface area (Å²) in [5.74, 6) is 0.233. The summed E-state index contributed by atoms with van der Waals surface area (Å²) in [7, 11) is 0. The highest BCUT2D eigenvalue weighted by atomic mass is 32.1. The van der Waals surface area contributed by atoms with E-state index in [4.69, 9.17) is 12.2 Å². The van der Waals surface area contributed by atoms with Crippen LogP contribution in [0.25, 0.3) is 0 Å². The summed E-state index contributed by atoms with van der Waals surface area (Å²) in [6, 6.07) is 27.4. The molecule has 0 atom stereocenters. The molecule has 0 spiro atoms. The molecule has 0 aliphatic heterocycles. The molecule has 0 saturated carbocycles. The third kappa shape index (κ3) is 5.66. The third-order valence-corrected chi connectivity index (χ3v) is 4.67. The van der Waals surface area contributed by atoms with Gasteiger partial charge in [0.25, 0.3) is 0 Å². The van der Waals surface area contributed by atoms with Crippen molar-refractivity contribution in [2.75, 3.05) is 0 Å². The number of rotatable bonds is 6. The first kappa shape index (κ1) is 19.6. The van der Waals surface area contributed by atoms with Crippen LogP contribution in [0.4, 0.5) is 0 Å². The minimum atomic E-state index is 0.233. The fraction of sp³-hybridized carbons (Fsp3) is 0.130. The van der Waals surface area contributed by atoms with E-state index < -0.39 is 0 Å². The van der Waals surface area contributed by atoms with Crippen LogP contribution in [0.2, 0.25) is 0 Å². The van der Waals surface area contributed by atoms with Gasteiger partial charge in [-0.2, -0.15) is 5.10 Å². The van der Waals surface area contributed by atoms with E-state index in [0.29, 0.717) is 18.2 Å². The van der Waals surface area contributed by atoms with Crippen LogP contribution in [0, 0.1) is 0 Å². The van der Waals surface area contributed by atoms with E-state index in [2.05, 4.69) is 39.7 Å². The number of nitrogens with zero attached hydrogens (tertiary/aromatic N) is 2. The average molecular weight is 390 g/mol. The maximum atomic E-state index is 9.43. The van der Waals surface area contributed by atoms with Crippen molar-refractivity contribution in [3.05, 3.63) is 102 Å². The molecule has 142 valence electrons. The minimum absolute atomic E-state index is 0.233. The Kier molecular flexibility index (Phi) is 6.76. The fourth-order valence-electron chi connectivity index (χ4n) is 2.78. The van der Waals surface area contributed by atoms with Gasteiger partial charge in [-0.05, 0) is 60.1 Å². The predicted molar refractivity (Wildman–Crippen MR) is 118 cm³/mol. The Morgan fingerprint density at radius 2 is 1.36 bits per heavy atom. The summed E-state index contributed by atoms with van der Waals surface area (Å²) in [6.07, 6.45) is 0. The molecule has 0 aliphatic rings. The summed E-state index contributed by atoms with van der Waals surface area (Å²) in [5.41, 5.74) is 7.10. The topological polar surface area (TPSA) is 47.9 Å². The van der Waals surface area contributed by atoms with Gasteiger partial charge in [0.1, 0.15) is 5.75 Å². The van der Waals surface area contributed by atoms with Crippen molar-refractivity contribution in [2.45, 2.75) is 20.0 Å². The van der Waals surface area contributed by atoms with Crippen LogP contribution in [-0.2, 0) is 13.1 Å². The van der Waals surface area contributed by atoms with Crippen molar-refractivity contribution in [3.63, 3.8) is 0 Å². The summed E-state index contributed by atoms with van der Waals surface area (Å²) in [5, 5.41) is 14.4. The Morgan fingerprint density at radius 1 is 0.857 bits per heavy atom. The van der Waals surface area contributed by atoms with Gasteiger partial charge in [0, 0.05) is 13.1 Å². The Balaban J connectivity index is 1.73. The van der Waals surface area contributed by atoms with Crippen molar-refractivity contribution >= 4 is 23.0 Å². The largest absolute Gasteiger partial charge is 0.508 e. The standard InChI is InChI=1S/C23H23N3OS/c1-18(21-12-14-22(27)15-13-21)24-25-23(28)26(16-19-8-4-2-5-9-19)17-20-10-6-3-7-11-20/h2-15,27H,16-17H2,1H3,(H,25,28)/b24-18-. The molecule has 0 bridgehead atoms. The van der Waals surface area contributed by atoms with Gasteiger partial charge in [0.05, 0.1) is 5.71 Å². The molecule has 3 aromatic carbocycles. The SMILES string of the molecule is C/C(=N/NC(=S)N(Cc1ccccc1)Cc1ccccc1)c1ccc(O)cc1. The number of aromatic hydroxyl groups is 1. The van der Waals surface area contributed by atoms with E-state index in [1.807, 2.05) is 55.5 Å². The van der Waals surface area contributed by atoms with Crippen LogP contribution in [0.3, 0.4) is 0 Å². The number of benzene rings is 3. The monoisotopic (exact) mass is 389 g/mol. The minimum Gasteiger partial charge on any atom is -0.508 e. The highest BCUT2D eigenvalue weighted by Crippen LogP contribution is 2.12. The van der Waals surface area contributed by atoms with Crippen LogP contribution in [0.1, 0.15) is 23.6 Å². The second-order valence-corrected chi connectivity index (χ2v) is 6.88. The number of hydrogen-bond acceptors (Lipinski definition) is 3. The van der Waals surface area contributed by atoms with Crippen molar-refractivity contribution in [2.24, 2.45) is 5.10 Å². The van der Waals surface area contributed by atoms with Gasteiger partial charge in [0.2, 0.25) is 0 Å². The normalized spacial score (nSPS) is 11.1. The highest BCUT2D eigenvalue weighted by Gasteiger charge is 2.11. The van der Waals surface area contributed by atoms with Crippen molar-refractivity contribution in [1.29, 1.82) is 0 Å². The molecule has 0 unspecified atom stereocenters. The number of hydrazone groups is 1. The second-order valence-electron chi connectivity index (χ2n) is 6.49. The third-order valence-electron chi connectivity index (χ3n) is 4.32. The number of nitrogens with one attached hydrogen (secondary N) is 1. The molecule has 5 heteroatoms. The van der Waals surface area contributed by atoms with Gasteiger partial charge < -0.3 is 10.0 Å². The molecule has 0 fully saturated rings. The summed E-state index contributed by atoms with van der Waals surface area (Å²) >= 11 is 5.63. The Morgan fingerprint density at radius 3 is 1.86 bits per heavy atom. The maximum absolute atomic E-state index is 9.43. The van der Waals surface area contributed by atoms with Crippen molar-refractivity contribution < 1.29 is 5.11 Å². The summed E-state index contributed by atoms with van der Waals surface area (Å²) in [6.45, 7) is 3.28. The average Bonchev–Trinajstić information content (AvgIpc) is 2.73. The molecule has 0 radical (unpaired) electrons. The Labute approximate surface area is 171 Å². The van der Waals surface area contributed by atoms with Crippen LogP contribution in [0.15, 0.2) is 90.0 Å². The number of hydrogen-bond donors (Lipinski definition) is 2. The van der Waals surface area contributed by atoms with Gasteiger partial charge >= 0.3 is 0 Å². The lowest BCUT2D eigenvalue weighted by Crippen LogP contribution is -2.36. The van der Waals surface area contributed by atoms with Gasteiger partial charge in [-0.15, -0.1) is 0 Å². The number of phenolic OH excluding ortho intramolecular Hbond substituents is 1. The van der Waals surface area contributed by atoms with Crippen LogP contribution in [0.5, 0.6) is 5.75 Å². The molecule has 28 heavy (non-hydrogen) atoms. The van der Waals surface area contributed by atoms with Gasteiger partial charge in [-0.25, -0.2) is 0 Å². The Hall–Kier alpha value is -3.18. The van der Waals surface area contributed by atoms with Gasteiger partial charge in [-0.3, -0.25) is 5.43 Å². The molecule has 2 N–H and O–H groups in total. The lowest BCUT2D eigenvalue weighted by atomic mass is 10.1. The molecular weight excluding hydrogens is 366 g/mol. The lowest BCUT2D eigenvalue weighted by molar-refractivity contribution is 0.400. The van der Waals surface area contributed by atoms with Crippen LogP contribution >= 0.6 is 12.2 Å². The molecule has 0 aliphatic carbocycles. The first-order chi connectivity index (χ1) is 13.6. The number of thiocarbonyl (C=S) groups is 1. The van der Waals surface area contributed by atoms with Crippen LogP contribution in [-0.4, -0.2) is 20.8 Å². The molecule has 4 nitrogen and oxygen atoms in total. The molecule has 0 aromatic heterocycles.